The summed E-state index contributed by atoms with van der Waals surface area (Å²) in [7, 11) is -8.76. The van der Waals surface area contributed by atoms with Crippen molar-refractivity contribution in [2.45, 2.75) is 35.5 Å². The van der Waals surface area contributed by atoms with Gasteiger partial charge in [-0.2, -0.15) is 0 Å². The second-order valence-corrected chi connectivity index (χ2v) is 22.3. The molecular weight excluding hydrogens is 1070 g/mol. The average molecular weight is 1110 g/mol. The van der Waals surface area contributed by atoms with Crippen molar-refractivity contribution in [3.8, 4) is 0 Å². The van der Waals surface area contributed by atoms with Gasteiger partial charge in [0.1, 0.15) is 11.4 Å². The molecule has 27 heteroatoms. The summed E-state index contributed by atoms with van der Waals surface area (Å²) in [5.74, 6) is -1.98. The number of benzene rings is 6. The van der Waals surface area contributed by atoms with Crippen LogP contribution in [-0.4, -0.2) is 112 Å². The average Bonchev–Trinajstić information content (AvgIpc) is 4.22. The van der Waals surface area contributed by atoms with E-state index in [9.17, 15) is 61.9 Å². The van der Waals surface area contributed by atoms with Gasteiger partial charge in [-0.05, 0) is 109 Å². The largest absolute Gasteiger partial charge is 0.351 e. The van der Waals surface area contributed by atoms with Crippen LogP contribution in [0.15, 0.2) is 107 Å². The number of H-pyrrole nitrogens is 2. The first-order valence-electron chi connectivity index (χ1n) is 23.2. The van der Waals surface area contributed by atoms with Crippen LogP contribution in [0.25, 0.3) is 43.4 Å². The number of alkyl halides is 2. The minimum Gasteiger partial charge on any atom is -0.351 e. The Bertz CT molecular complexity index is 3800. The minimum absolute atomic E-state index is 0.00991. The van der Waals surface area contributed by atoms with E-state index in [2.05, 4.69) is 20.6 Å². The van der Waals surface area contributed by atoms with Crippen molar-refractivity contribution in [2.75, 3.05) is 58.4 Å². The SMILES string of the molecule is CCN(O)S(=O)(=O)c1ccc2c3c(cc([N+](=O)[O-])c2c1)N(C(=O)c1cc2cc(NC(=O)Nc4ccc5[nH]c(C(=O)N6CC(CCl)c7c6cc([N+](=O)[O-])c6cc(S(=O)(=O)N(O)CC)ccc76)cc5c4)ccc2[nH]1)CC3CCl. The molecule has 10 rings (SSSR count). The number of fused-ring (bicyclic) bond motifs is 8. The number of carbonyl (C=O) groups is 3. The number of sulfonamides is 2. The Morgan fingerprint density at radius 1 is 0.618 bits per heavy atom. The summed E-state index contributed by atoms with van der Waals surface area (Å²) < 4.78 is 52.0. The third-order valence-corrected chi connectivity index (χ3v) is 17.7. The highest BCUT2D eigenvalue weighted by molar-refractivity contribution is 7.89. The van der Waals surface area contributed by atoms with E-state index < -0.39 is 70.9 Å². The molecule has 0 aliphatic carbocycles. The fourth-order valence-corrected chi connectivity index (χ4v) is 12.7. The highest BCUT2D eigenvalue weighted by atomic mass is 35.5. The number of nitro groups is 2. The van der Waals surface area contributed by atoms with E-state index in [1.54, 1.807) is 48.5 Å². The Hall–Kier alpha value is -7.75. The third-order valence-electron chi connectivity index (χ3n) is 13.6. The van der Waals surface area contributed by atoms with E-state index in [0.717, 1.165) is 12.1 Å². The van der Waals surface area contributed by atoms with Gasteiger partial charge in [-0.1, -0.05) is 21.1 Å². The molecule has 2 atom stereocenters. The predicted molar refractivity (Wildman–Crippen MR) is 283 cm³/mol. The Morgan fingerprint density at radius 3 is 1.37 bits per heavy atom. The number of rotatable bonds is 14. The third kappa shape index (κ3) is 8.68. The Balaban J connectivity index is 0.862. The van der Waals surface area contributed by atoms with Crippen LogP contribution < -0.4 is 20.4 Å². The molecule has 6 N–H and O–H groups in total. The molecular formula is C49H42Cl2N10O13S2. The first-order chi connectivity index (χ1) is 36.2. The van der Waals surface area contributed by atoms with Crippen LogP contribution in [0.2, 0.25) is 0 Å². The minimum atomic E-state index is -4.38. The number of nitrogens with one attached hydrogen (secondary N) is 4. The maximum atomic E-state index is 14.2. The number of aromatic nitrogens is 2. The maximum Gasteiger partial charge on any atom is 0.323 e. The van der Waals surface area contributed by atoms with Crippen molar-refractivity contribution in [1.82, 2.24) is 18.9 Å². The Labute approximate surface area is 440 Å². The van der Waals surface area contributed by atoms with E-state index in [-0.39, 0.29) is 90.2 Å². The number of hydroxylamine groups is 2. The molecule has 8 aromatic rings. The number of non-ortho nitro benzene ring substituents is 2. The highest BCUT2D eigenvalue weighted by Gasteiger charge is 2.40. The normalized spacial score (nSPS) is 15.6. The number of carbonyl (C=O) groups excluding carboxylic acids is 3. The number of hydrogen-bond acceptors (Lipinski definition) is 13. The first-order valence-corrected chi connectivity index (χ1v) is 27.2. The molecule has 6 aromatic carbocycles. The lowest BCUT2D eigenvalue weighted by Crippen LogP contribution is -2.30. The van der Waals surface area contributed by atoms with E-state index in [4.69, 9.17) is 23.2 Å². The van der Waals surface area contributed by atoms with Crippen LogP contribution in [0.1, 0.15) is 57.8 Å². The second-order valence-electron chi connectivity index (χ2n) is 18.0. The highest BCUT2D eigenvalue weighted by Crippen LogP contribution is 2.48. The molecule has 4 amide bonds. The van der Waals surface area contributed by atoms with Crippen molar-refractivity contribution in [2.24, 2.45) is 0 Å². The van der Waals surface area contributed by atoms with Gasteiger partial charge in [-0.15, -0.1) is 23.2 Å². The molecule has 0 spiro atoms. The summed E-state index contributed by atoms with van der Waals surface area (Å²) in [5.41, 5.74) is 2.60. The fourth-order valence-electron chi connectivity index (χ4n) is 9.99. The molecule has 4 heterocycles. The van der Waals surface area contributed by atoms with Gasteiger partial charge < -0.3 is 30.4 Å². The molecule has 0 saturated carbocycles. The van der Waals surface area contributed by atoms with Gasteiger partial charge in [0.15, 0.2) is 0 Å². The van der Waals surface area contributed by atoms with E-state index in [1.165, 1.54) is 60.0 Å². The molecule has 0 radical (unpaired) electrons. The zero-order valence-corrected chi connectivity index (χ0v) is 42.9. The number of nitro benzene ring substituents is 2. The lowest BCUT2D eigenvalue weighted by molar-refractivity contribution is -0.383. The van der Waals surface area contributed by atoms with Crippen LogP contribution in [0.4, 0.5) is 38.9 Å². The monoisotopic (exact) mass is 1110 g/mol. The number of urea groups is 1. The molecule has 76 heavy (non-hydrogen) atoms. The van der Waals surface area contributed by atoms with Gasteiger partial charge in [0.2, 0.25) is 0 Å². The predicted octanol–water partition coefficient (Wildman–Crippen LogP) is 9.18. The van der Waals surface area contributed by atoms with Gasteiger partial charge in [0.25, 0.3) is 43.2 Å². The van der Waals surface area contributed by atoms with Gasteiger partial charge in [0, 0.05) is 95.1 Å². The zero-order valence-electron chi connectivity index (χ0n) is 39.8. The molecule has 2 aliphatic heterocycles. The van der Waals surface area contributed by atoms with Crippen molar-refractivity contribution in [3.63, 3.8) is 0 Å². The molecule has 2 aliphatic rings. The van der Waals surface area contributed by atoms with E-state index >= 15 is 0 Å². The van der Waals surface area contributed by atoms with Crippen LogP contribution in [0.3, 0.4) is 0 Å². The molecule has 23 nitrogen and oxygen atoms in total. The second kappa shape index (κ2) is 19.4. The molecule has 2 unspecified atom stereocenters. The Morgan fingerprint density at radius 2 is 1.01 bits per heavy atom. The summed E-state index contributed by atoms with van der Waals surface area (Å²) >= 11 is 12.8. The standard InChI is InChI=1S/C49H42Cl2N10O13S2/c1-3-58(65)75(71,72)31-7-9-33-35(17-31)41(60(67)68)19-43-45(33)27(21-50)23-56(43)47(62)39-15-25-13-29(5-11-37(25)54-39)52-49(64)53-30-6-12-38-26(14-30)16-40(55-38)48(63)57-24-28(22-51)46-34-10-8-32(76(73,74)59(66)4-2)18-36(34)42(61(69)70)20-44(46)57/h5-20,27-28,54-55,65-66H,3-4,21-24H2,1-2H3,(H2,52,53,64). The number of amides is 4. The number of hydrogen-bond donors (Lipinski definition) is 6. The summed E-state index contributed by atoms with van der Waals surface area (Å²) in [4.78, 5) is 73.5. The molecule has 0 fully saturated rings. The summed E-state index contributed by atoms with van der Waals surface area (Å²) in [6, 6.07) is 22.2. The molecule has 2 aromatic heterocycles. The number of aromatic amines is 2. The van der Waals surface area contributed by atoms with Crippen LogP contribution in [0, 0.1) is 20.2 Å². The van der Waals surface area contributed by atoms with Crippen molar-refractivity contribution >= 4 is 139 Å². The van der Waals surface area contributed by atoms with E-state index in [1.807, 2.05) is 0 Å². The lowest BCUT2D eigenvalue weighted by Gasteiger charge is -2.17. The summed E-state index contributed by atoms with van der Waals surface area (Å²) in [6.45, 7) is 2.44. The fraction of sp³-hybridized carbons (Fsp3) is 0.204. The van der Waals surface area contributed by atoms with Crippen molar-refractivity contribution in [3.05, 3.63) is 140 Å². The van der Waals surface area contributed by atoms with Crippen LogP contribution in [-0.2, 0) is 20.0 Å². The number of anilines is 4. The lowest BCUT2D eigenvalue weighted by atomic mass is 9.95. The van der Waals surface area contributed by atoms with Crippen LogP contribution >= 0.6 is 23.2 Å². The summed E-state index contributed by atoms with van der Waals surface area (Å²) in [5, 5.41) is 52.2. The smallest absolute Gasteiger partial charge is 0.323 e. The number of nitrogens with zero attached hydrogens (tertiary/aromatic N) is 6. The first kappa shape index (κ1) is 51.7. The molecule has 0 saturated heterocycles. The topological polar surface area (TPSA) is 315 Å². The van der Waals surface area contributed by atoms with E-state index in [0.29, 0.717) is 55.1 Å². The summed E-state index contributed by atoms with van der Waals surface area (Å²) in [6.07, 6.45) is 0. The van der Waals surface area contributed by atoms with Crippen molar-refractivity contribution < 1.29 is 51.5 Å². The molecule has 0 bridgehead atoms. The Kier molecular flexibility index (Phi) is 13.2. The van der Waals surface area contributed by atoms with Crippen molar-refractivity contribution in [1.29, 1.82) is 0 Å². The zero-order chi connectivity index (χ0) is 54.3. The maximum absolute atomic E-state index is 14.2. The number of halogens is 2. The van der Waals surface area contributed by atoms with Gasteiger partial charge in [0.05, 0.1) is 41.8 Å². The van der Waals surface area contributed by atoms with Gasteiger partial charge in [-0.3, -0.25) is 40.2 Å². The van der Waals surface area contributed by atoms with Crippen LogP contribution in [0.5, 0.6) is 0 Å². The molecule has 392 valence electrons. The van der Waals surface area contributed by atoms with Gasteiger partial charge in [-0.25, -0.2) is 21.6 Å². The van der Waals surface area contributed by atoms with Gasteiger partial charge >= 0.3 is 6.03 Å². The quantitative estimate of drug-likeness (QED) is 0.0336.